The van der Waals surface area contributed by atoms with Gasteiger partial charge in [0.1, 0.15) is 5.75 Å². The van der Waals surface area contributed by atoms with E-state index in [1.54, 1.807) is 6.07 Å². The molecule has 0 aliphatic heterocycles. The molecule has 0 saturated carbocycles. The highest BCUT2D eigenvalue weighted by molar-refractivity contribution is 5.75. The third-order valence-electron chi connectivity index (χ3n) is 2.50. The molecule has 62 valence electrons. The maximum Gasteiger partial charge on any atom is 0.119 e. The van der Waals surface area contributed by atoms with Crippen LogP contribution in [-0.2, 0) is 6.42 Å². The molecule has 0 amide bonds. The van der Waals surface area contributed by atoms with Crippen molar-refractivity contribution in [3.05, 3.63) is 34.9 Å². The fourth-order valence-electron chi connectivity index (χ4n) is 1.87. The Labute approximate surface area is 72.4 Å². The molecule has 1 aromatic carbocycles. The Bertz CT molecular complexity index is 362. The molecule has 1 aromatic rings. The van der Waals surface area contributed by atoms with E-state index in [1.165, 1.54) is 16.7 Å². The van der Waals surface area contributed by atoms with Gasteiger partial charge in [0.15, 0.2) is 0 Å². The predicted octanol–water partition coefficient (Wildman–Crippen LogP) is 2.66. The van der Waals surface area contributed by atoms with Gasteiger partial charge in [-0.25, -0.2) is 0 Å². The molecule has 1 aliphatic rings. The first-order chi connectivity index (χ1) is 5.70. The largest absolute Gasteiger partial charge is 0.508 e. The van der Waals surface area contributed by atoms with Gasteiger partial charge in [0, 0.05) is 5.56 Å². The van der Waals surface area contributed by atoms with Gasteiger partial charge in [-0.1, -0.05) is 12.1 Å². The lowest BCUT2D eigenvalue weighted by Gasteiger charge is -2.07. The maximum atomic E-state index is 9.54. The van der Waals surface area contributed by atoms with Crippen LogP contribution >= 0.6 is 0 Å². The molecular weight excluding hydrogens is 148 g/mol. The summed E-state index contributed by atoms with van der Waals surface area (Å²) in [7, 11) is 0. The topological polar surface area (TPSA) is 20.2 Å². The van der Waals surface area contributed by atoms with Gasteiger partial charge in [0.05, 0.1) is 0 Å². The Kier molecular flexibility index (Phi) is 1.47. The fraction of sp³-hybridized carbons (Fsp3) is 0.273. The quantitative estimate of drug-likeness (QED) is 0.618. The van der Waals surface area contributed by atoms with Gasteiger partial charge < -0.3 is 5.11 Å². The molecule has 1 nitrogen and oxygen atoms in total. The van der Waals surface area contributed by atoms with Crippen molar-refractivity contribution in [3.63, 3.8) is 0 Å². The zero-order valence-corrected chi connectivity index (χ0v) is 7.39. The third kappa shape index (κ3) is 0.860. The molecule has 1 aliphatic carbocycles. The number of benzene rings is 1. The van der Waals surface area contributed by atoms with Crippen LogP contribution in [0, 0.1) is 6.92 Å². The minimum Gasteiger partial charge on any atom is -0.508 e. The minimum absolute atomic E-state index is 0.434. The predicted molar refractivity (Wildman–Crippen MR) is 50.2 cm³/mol. The van der Waals surface area contributed by atoms with Gasteiger partial charge in [0.25, 0.3) is 0 Å². The lowest BCUT2D eigenvalue weighted by atomic mass is 10.00. The first-order valence-corrected chi connectivity index (χ1v) is 4.18. The number of rotatable bonds is 0. The van der Waals surface area contributed by atoms with E-state index in [9.17, 15) is 5.11 Å². The second-order valence-corrected chi connectivity index (χ2v) is 3.35. The molecule has 1 heteroatoms. The van der Waals surface area contributed by atoms with E-state index >= 15 is 0 Å². The van der Waals surface area contributed by atoms with Crippen molar-refractivity contribution in [3.8, 4) is 5.75 Å². The molecule has 12 heavy (non-hydrogen) atoms. The van der Waals surface area contributed by atoms with Crippen LogP contribution in [-0.4, -0.2) is 5.11 Å². The summed E-state index contributed by atoms with van der Waals surface area (Å²) < 4.78 is 0. The first-order valence-electron chi connectivity index (χ1n) is 4.18. The molecule has 1 N–H and O–H groups in total. The highest BCUT2D eigenvalue weighted by Gasteiger charge is 2.15. The summed E-state index contributed by atoms with van der Waals surface area (Å²) in [5, 5.41) is 9.54. The second-order valence-electron chi connectivity index (χ2n) is 3.35. The Hall–Kier alpha value is -1.24. The molecular formula is C11H12O. The molecule has 0 unspecified atom stereocenters. The van der Waals surface area contributed by atoms with Gasteiger partial charge in [-0.3, -0.25) is 0 Å². The average Bonchev–Trinajstić information content (AvgIpc) is 2.42. The first kappa shape index (κ1) is 7.41. The van der Waals surface area contributed by atoms with Crippen LogP contribution in [0.2, 0.25) is 0 Å². The summed E-state index contributed by atoms with van der Waals surface area (Å²) in [6, 6.07) is 3.75. The Balaban J connectivity index is 2.71. The number of hydrogen-bond acceptors (Lipinski definition) is 1. The standard InChI is InChI=1S/C11H12O/c1-7-3-5-9-10(12)6-4-8(2)11(7)9/h3-4,6,12H,5H2,1-2H3. The SMILES string of the molecule is CC1=CCc2c(O)ccc(C)c21. The van der Waals surface area contributed by atoms with E-state index in [2.05, 4.69) is 19.9 Å². The number of hydrogen-bond donors (Lipinski definition) is 1. The lowest BCUT2D eigenvalue weighted by Crippen LogP contribution is -1.88. The third-order valence-corrected chi connectivity index (χ3v) is 2.50. The van der Waals surface area contributed by atoms with Crippen LogP contribution in [0.5, 0.6) is 5.75 Å². The van der Waals surface area contributed by atoms with Gasteiger partial charge in [-0.05, 0) is 43.0 Å². The van der Waals surface area contributed by atoms with E-state index in [0.29, 0.717) is 5.75 Å². The van der Waals surface area contributed by atoms with Crippen molar-refractivity contribution in [1.82, 2.24) is 0 Å². The van der Waals surface area contributed by atoms with Crippen molar-refractivity contribution in [2.24, 2.45) is 0 Å². The Morgan fingerprint density at radius 2 is 2.00 bits per heavy atom. The molecule has 0 aromatic heterocycles. The van der Waals surface area contributed by atoms with Crippen molar-refractivity contribution in [2.45, 2.75) is 20.3 Å². The smallest absolute Gasteiger partial charge is 0.119 e. The lowest BCUT2D eigenvalue weighted by molar-refractivity contribution is 0.470. The number of allylic oxidation sites excluding steroid dienone is 2. The summed E-state index contributed by atoms with van der Waals surface area (Å²) in [6.45, 7) is 4.18. The number of phenols is 1. The summed E-state index contributed by atoms with van der Waals surface area (Å²) in [5.74, 6) is 0.434. The monoisotopic (exact) mass is 160 g/mol. The second kappa shape index (κ2) is 2.37. The zero-order valence-electron chi connectivity index (χ0n) is 7.39. The molecule has 0 bridgehead atoms. The highest BCUT2D eigenvalue weighted by Crippen LogP contribution is 2.35. The Morgan fingerprint density at radius 3 is 2.67 bits per heavy atom. The number of fused-ring (bicyclic) bond motifs is 1. The minimum atomic E-state index is 0.434. The van der Waals surface area contributed by atoms with Gasteiger partial charge in [-0.15, -0.1) is 0 Å². The molecule has 0 fully saturated rings. The summed E-state index contributed by atoms with van der Waals surface area (Å²) in [5.41, 5.74) is 4.88. The van der Waals surface area contributed by atoms with Crippen molar-refractivity contribution >= 4 is 5.57 Å². The van der Waals surface area contributed by atoms with Crippen LogP contribution in [0.1, 0.15) is 23.6 Å². The maximum absolute atomic E-state index is 9.54. The number of aryl methyl sites for hydroxylation is 1. The van der Waals surface area contributed by atoms with Gasteiger partial charge >= 0.3 is 0 Å². The van der Waals surface area contributed by atoms with Gasteiger partial charge in [-0.2, -0.15) is 0 Å². The number of aromatic hydroxyl groups is 1. The van der Waals surface area contributed by atoms with Crippen LogP contribution in [0.4, 0.5) is 0 Å². The summed E-state index contributed by atoms with van der Waals surface area (Å²) in [6.07, 6.45) is 3.05. The van der Waals surface area contributed by atoms with Crippen LogP contribution in [0.15, 0.2) is 18.2 Å². The number of phenolic OH excluding ortho intramolecular Hbond substituents is 1. The van der Waals surface area contributed by atoms with Crippen molar-refractivity contribution in [1.29, 1.82) is 0 Å². The van der Waals surface area contributed by atoms with Crippen LogP contribution < -0.4 is 0 Å². The van der Waals surface area contributed by atoms with E-state index in [0.717, 1.165) is 12.0 Å². The van der Waals surface area contributed by atoms with Crippen molar-refractivity contribution in [2.75, 3.05) is 0 Å². The van der Waals surface area contributed by atoms with E-state index < -0.39 is 0 Å². The molecule has 0 spiro atoms. The van der Waals surface area contributed by atoms with E-state index in [4.69, 9.17) is 0 Å². The zero-order chi connectivity index (χ0) is 8.72. The van der Waals surface area contributed by atoms with E-state index in [1.807, 2.05) is 6.07 Å². The normalized spacial score (nSPS) is 14.3. The molecule has 0 heterocycles. The Morgan fingerprint density at radius 1 is 1.25 bits per heavy atom. The van der Waals surface area contributed by atoms with Gasteiger partial charge in [0.2, 0.25) is 0 Å². The molecule has 2 rings (SSSR count). The van der Waals surface area contributed by atoms with Crippen molar-refractivity contribution < 1.29 is 5.11 Å². The molecule has 0 atom stereocenters. The van der Waals surface area contributed by atoms with E-state index in [-0.39, 0.29) is 0 Å². The molecule has 0 saturated heterocycles. The summed E-state index contributed by atoms with van der Waals surface area (Å²) in [4.78, 5) is 0. The fourth-order valence-corrected chi connectivity index (χ4v) is 1.87. The molecule has 0 radical (unpaired) electrons. The van der Waals surface area contributed by atoms with Crippen LogP contribution in [0.25, 0.3) is 5.57 Å². The average molecular weight is 160 g/mol. The summed E-state index contributed by atoms with van der Waals surface area (Å²) >= 11 is 0. The van der Waals surface area contributed by atoms with Crippen LogP contribution in [0.3, 0.4) is 0 Å². The highest BCUT2D eigenvalue weighted by atomic mass is 16.3.